The number of nitrogens with zero attached hydrogens (tertiary/aromatic N) is 2. The van der Waals surface area contributed by atoms with Crippen LogP contribution in [0.25, 0.3) is 0 Å². The van der Waals surface area contributed by atoms with Gasteiger partial charge in [-0.15, -0.1) is 0 Å². The van der Waals surface area contributed by atoms with Crippen LogP contribution in [0.5, 0.6) is 0 Å². The van der Waals surface area contributed by atoms with Gasteiger partial charge in [0.1, 0.15) is 11.6 Å². The van der Waals surface area contributed by atoms with Crippen LogP contribution in [0.3, 0.4) is 0 Å². The maximum Gasteiger partial charge on any atom is 0.266 e. The normalized spacial score (nSPS) is 11.0. The van der Waals surface area contributed by atoms with Crippen molar-refractivity contribution in [3.63, 3.8) is 0 Å². The van der Waals surface area contributed by atoms with Crippen molar-refractivity contribution in [1.29, 1.82) is 5.26 Å². The molecule has 1 aromatic rings. The Balaban J connectivity index is 2.84. The quantitative estimate of drug-likeness (QED) is 0.803. The van der Waals surface area contributed by atoms with E-state index in [0.29, 0.717) is 24.2 Å². The van der Waals surface area contributed by atoms with Crippen molar-refractivity contribution in [2.75, 3.05) is 13.1 Å². The molecule has 0 fully saturated rings. The second kappa shape index (κ2) is 8.65. The standard InChI is InChI=1S/C19H28N4O3/c1-7-23(11-16(24)22-19(4,5)6)17(25)9-8-14-12(2)15(10-20)18(26)21-13(14)3/h7-9,11H2,1-6H3,(H,21,26)(H,22,24). The summed E-state index contributed by atoms with van der Waals surface area (Å²) < 4.78 is 0. The first-order chi connectivity index (χ1) is 12.0. The molecular formula is C19H28N4O3. The van der Waals surface area contributed by atoms with Gasteiger partial charge in [0, 0.05) is 24.2 Å². The molecule has 0 aliphatic heterocycles. The van der Waals surface area contributed by atoms with Gasteiger partial charge in [0.25, 0.3) is 5.56 Å². The number of likely N-dealkylation sites (N-methyl/N-ethyl adjacent to an activating group) is 1. The van der Waals surface area contributed by atoms with Crippen LogP contribution in [0.15, 0.2) is 4.79 Å². The lowest BCUT2D eigenvalue weighted by Crippen LogP contribution is -2.47. The number of aryl methyl sites for hydroxylation is 1. The van der Waals surface area contributed by atoms with E-state index in [1.165, 1.54) is 4.90 Å². The van der Waals surface area contributed by atoms with Crippen molar-refractivity contribution in [3.05, 3.63) is 32.7 Å². The third kappa shape index (κ3) is 5.73. The summed E-state index contributed by atoms with van der Waals surface area (Å²) in [6, 6.07) is 1.91. The highest BCUT2D eigenvalue weighted by atomic mass is 16.2. The molecule has 2 amide bonds. The molecule has 0 spiro atoms. The molecule has 0 radical (unpaired) electrons. The number of hydrogen-bond acceptors (Lipinski definition) is 4. The molecule has 7 heteroatoms. The van der Waals surface area contributed by atoms with Crippen molar-refractivity contribution < 1.29 is 9.59 Å². The van der Waals surface area contributed by atoms with Crippen LogP contribution in [-0.4, -0.2) is 40.3 Å². The second-order valence-corrected chi connectivity index (χ2v) is 7.38. The summed E-state index contributed by atoms with van der Waals surface area (Å²) in [6.07, 6.45) is 0.606. The molecule has 7 nitrogen and oxygen atoms in total. The molecule has 0 atom stereocenters. The third-order valence-electron chi connectivity index (χ3n) is 4.09. The van der Waals surface area contributed by atoms with Gasteiger partial charge in [-0.05, 0) is 59.1 Å². The number of amides is 2. The molecule has 2 N–H and O–H groups in total. The van der Waals surface area contributed by atoms with Crippen LogP contribution in [0, 0.1) is 25.2 Å². The van der Waals surface area contributed by atoms with Crippen LogP contribution >= 0.6 is 0 Å². The summed E-state index contributed by atoms with van der Waals surface area (Å²) in [7, 11) is 0. The number of aromatic amines is 1. The van der Waals surface area contributed by atoms with Gasteiger partial charge >= 0.3 is 0 Å². The van der Waals surface area contributed by atoms with E-state index < -0.39 is 5.56 Å². The number of carbonyl (C=O) groups excluding carboxylic acids is 2. The first kappa shape index (κ1) is 21.4. The Hall–Kier alpha value is -2.62. The fourth-order valence-corrected chi connectivity index (χ4v) is 2.82. The maximum absolute atomic E-state index is 12.5. The number of rotatable bonds is 6. The molecule has 0 aliphatic carbocycles. The van der Waals surface area contributed by atoms with E-state index in [1.807, 2.05) is 33.8 Å². The Morgan fingerprint density at radius 3 is 2.38 bits per heavy atom. The summed E-state index contributed by atoms with van der Waals surface area (Å²) in [6.45, 7) is 11.4. The molecule has 1 rings (SSSR count). The van der Waals surface area contributed by atoms with Gasteiger partial charge in [0.2, 0.25) is 11.8 Å². The van der Waals surface area contributed by atoms with E-state index in [9.17, 15) is 14.4 Å². The fraction of sp³-hybridized carbons (Fsp3) is 0.579. The van der Waals surface area contributed by atoms with E-state index in [4.69, 9.17) is 5.26 Å². The Labute approximate surface area is 154 Å². The lowest BCUT2D eigenvalue weighted by Gasteiger charge is -2.25. The highest BCUT2D eigenvalue weighted by Crippen LogP contribution is 2.15. The highest BCUT2D eigenvalue weighted by Gasteiger charge is 2.20. The Kier molecular flexibility index (Phi) is 7.13. The van der Waals surface area contributed by atoms with Gasteiger partial charge in [0.15, 0.2) is 0 Å². The molecule has 142 valence electrons. The third-order valence-corrected chi connectivity index (χ3v) is 4.09. The van der Waals surface area contributed by atoms with Crippen molar-refractivity contribution in [3.8, 4) is 6.07 Å². The van der Waals surface area contributed by atoms with Gasteiger partial charge < -0.3 is 15.2 Å². The maximum atomic E-state index is 12.5. The summed E-state index contributed by atoms with van der Waals surface area (Å²) in [4.78, 5) is 40.5. The number of hydrogen-bond donors (Lipinski definition) is 2. The predicted octanol–water partition coefficient (Wildman–Crippen LogP) is 1.56. The van der Waals surface area contributed by atoms with Crippen molar-refractivity contribution >= 4 is 11.8 Å². The first-order valence-corrected chi connectivity index (χ1v) is 8.71. The zero-order valence-corrected chi connectivity index (χ0v) is 16.4. The van der Waals surface area contributed by atoms with Gasteiger partial charge in [-0.2, -0.15) is 5.26 Å². The number of carbonyl (C=O) groups is 2. The van der Waals surface area contributed by atoms with Gasteiger partial charge in [-0.3, -0.25) is 14.4 Å². The molecule has 0 aromatic carbocycles. The average molecular weight is 360 g/mol. The smallest absolute Gasteiger partial charge is 0.266 e. The monoisotopic (exact) mass is 360 g/mol. The largest absolute Gasteiger partial charge is 0.350 e. The molecule has 26 heavy (non-hydrogen) atoms. The number of nitriles is 1. The molecule has 0 bridgehead atoms. The summed E-state index contributed by atoms with van der Waals surface area (Å²) in [5.74, 6) is -0.337. The summed E-state index contributed by atoms with van der Waals surface area (Å²) >= 11 is 0. The molecule has 0 saturated carbocycles. The number of nitrogens with one attached hydrogen (secondary N) is 2. The van der Waals surface area contributed by atoms with Crippen LogP contribution in [-0.2, 0) is 16.0 Å². The minimum absolute atomic E-state index is 0.0135. The summed E-state index contributed by atoms with van der Waals surface area (Å²) in [5, 5.41) is 12.0. The average Bonchev–Trinajstić information content (AvgIpc) is 2.50. The van der Waals surface area contributed by atoms with E-state index >= 15 is 0 Å². The number of aromatic nitrogens is 1. The predicted molar refractivity (Wildman–Crippen MR) is 99.7 cm³/mol. The lowest BCUT2D eigenvalue weighted by molar-refractivity contribution is -0.136. The van der Waals surface area contributed by atoms with E-state index in [2.05, 4.69) is 10.3 Å². The Morgan fingerprint density at radius 2 is 1.88 bits per heavy atom. The lowest BCUT2D eigenvalue weighted by atomic mass is 9.99. The van der Waals surface area contributed by atoms with Gasteiger partial charge in [-0.25, -0.2) is 0 Å². The van der Waals surface area contributed by atoms with Crippen LogP contribution < -0.4 is 10.9 Å². The van der Waals surface area contributed by atoms with Crippen LogP contribution in [0.1, 0.15) is 56.5 Å². The first-order valence-electron chi connectivity index (χ1n) is 8.71. The fourth-order valence-electron chi connectivity index (χ4n) is 2.82. The zero-order valence-electron chi connectivity index (χ0n) is 16.4. The SMILES string of the molecule is CCN(CC(=O)NC(C)(C)C)C(=O)CCc1c(C)[nH]c(=O)c(C#N)c1C. The molecule has 0 saturated heterocycles. The van der Waals surface area contributed by atoms with Gasteiger partial charge in [-0.1, -0.05) is 0 Å². The van der Waals surface area contributed by atoms with Crippen molar-refractivity contribution in [1.82, 2.24) is 15.2 Å². The van der Waals surface area contributed by atoms with E-state index in [-0.39, 0.29) is 35.9 Å². The van der Waals surface area contributed by atoms with Crippen LogP contribution in [0.4, 0.5) is 0 Å². The van der Waals surface area contributed by atoms with Crippen molar-refractivity contribution in [2.24, 2.45) is 0 Å². The minimum Gasteiger partial charge on any atom is -0.350 e. The molecule has 1 heterocycles. The molecule has 1 aromatic heterocycles. The molecule has 0 unspecified atom stereocenters. The molecular weight excluding hydrogens is 332 g/mol. The van der Waals surface area contributed by atoms with Crippen molar-refractivity contribution in [2.45, 2.75) is 59.9 Å². The Morgan fingerprint density at radius 1 is 1.27 bits per heavy atom. The highest BCUT2D eigenvalue weighted by molar-refractivity contribution is 5.85. The number of pyridine rings is 1. The zero-order chi connectivity index (χ0) is 20.1. The van der Waals surface area contributed by atoms with E-state index in [0.717, 1.165) is 5.56 Å². The summed E-state index contributed by atoms with van der Waals surface area (Å²) in [5.41, 5.74) is 1.38. The van der Waals surface area contributed by atoms with E-state index in [1.54, 1.807) is 13.8 Å². The topological polar surface area (TPSA) is 106 Å². The van der Waals surface area contributed by atoms with Crippen LogP contribution in [0.2, 0.25) is 0 Å². The van der Waals surface area contributed by atoms with Gasteiger partial charge in [0.05, 0.1) is 6.54 Å². The Bertz CT molecular complexity index is 782. The number of H-pyrrole nitrogens is 1. The molecule has 0 aliphatic rings. The second-order valence-electron chi connectivity index (χ2n) is 7.38. The minimum atomic E-state index is -0.411.